The Balaban J connectivity index is 2.20. The predicted molar refractivity (Wildman–Crippen MR) is 77.2 cm³/mol. The molecule has 3 nitrogen and oxygen atoms in total. The zero-order chi connectivity index (χ0) is 13.0. The lowest BCUT2D eigenvalue weighted by Crippen LogP contribution is -2.29. The van der Waals surface area contributed by atoms with Gasteiger partial charge in [-0.15, -0.1) is 0 Å². The Morgan fingerprint density at radius 3 is 2.83 bits per heavy atom. The third-order valence-corrected chi connectivity index (χ3v) is 3.92. The van der Waals surface area contributed by atoms with Gasteiger partial charge in [-0.05, 0) is 51.7 Å². The van der Waals surface area contributed by atoms with Crippen molar-refractivity contribution in [1.82, 2.24) is 10.4 Å². The minimum atomic E-state index is 0.0303. The van der Waals surface area contributed by atoms with Crippen LogP contribution in [0.2, 0.25) is 5.02 Å². The second kappa shape index (κ2) is 6.29. The molecule has 1 aromatic carbocycles. The highest BCUT2D eigenvalue weighted by atomic mass is 79.9. The van der Waals surface area contributed by atoms with Gasteiger partial charge < -0.3 is 0 Å². The van der Waals surface area contributed by atoms with Gasteiger partial charge >= 0.3 is 0 Å². The second-order valence-corrected chi connectivity index (χ2v) is 5.22. The van der Waals surface area contributed by atoms with Gasteiger partial charge in [0, 0.05) is 16.9 Å². The number of hydrogen-bond donors (Lipinski definition) is 2. The summed E-state index contributed by atoms with van der Waals surface area (Å²) in [6, 6.07) is 9.78. The van der Waals surface area contributed by atoms with E-state index in [0.717, 1.165) is 22.0 Å². The molecule has 2 rings (SSSR count). The number of halogens is 2. The highest BCUT2D eigenvalue weighted by molar-refractivity contribution is 9.10. The molecule has 0 aliphatic rings. The van der Waals surface area contributed by atoms with Crippen molar-refractivity contribution in [1.29, 1.82) is 0 Å². The van der Waals surface area contributed by atoms with E-state index in [4.69, 9.17) is 17.4 Å². The molecule has 1 atom stereocenters. The van der Waals surface area contributed by atoms with Gasteiger partial charge in [-0.25, -0.2) is 0 Å². The van der Waals surface area contributed by atoms with Crippen LogP contribution in [0, 0.1) is 0 Å². The van der Waals surface area contributed by atoms with Crippen LogP contribution in [0.1, 0.15) is 17.2 Å². The third kappa shape index (κ3) is 3.29. The van der Waals surface area contributed by atoms with E-state index in [1.165, 1.54) is 0 Å². The first-order valence-electron chi connectivity index (χ1n) is 5.50. The summed E-state index contributed by atoms with van der Waals surface area (Å²) in [6.07, 6.45) is 4.38. The number of hydrogen-bond acceptors (Lipinski definition) is 3. The molecule has 1 heterocycles. The standard InChI is InChI=1S/C13H13BrClN3/c14-11-7-10(3-4-12(11)15)13(18-16)6-9-2-1-5-17-8-9/h1-5,7-8,13,18H,6,16H2. The Hall–Kier alpha value is -0.940. The molecule has 5 heteroatoms. The zero-order valence-electron chi connectivity index (χ0n) is 9.61. The minimum Gasteiger partial charge on any atom is -0.271 e. The molecule has 0 bridgehead atoms. The second-order valence-electron chi connectivity index (χ2n) is 3.96. The lowest BCUT2D eigenvalue weighted by molar-refractivity contribution is 0.551. The van der Waals surface area contributed by atoms with Gasteiger partial charge in [-0.1, -0.05) is 23.7 Å². The van der Waals surface area contributed by atoms with Crippen molar-refractivity contribution >= 4 is 27.5 Å². The predicted octanol–water partition coefficient (Wildman–Crippen LogP) is 3.24. The quantitative estimate of drug-likeness (QED) is 0.670. The fraction of sp³-hybridized carbons (Fsp3) is 0.154. The van der Waals surface area contributed by atoms with Crippen molar-refractivity contribution in [3.05, 3.63) is 63.3 Å². The maximum Gasteiger partial charge on any atom is 0.0548 e. The summed E-state index contributed by atoms with van der Waals surface area (Å²) >= 11 is 9.40. The van der Waals surface area contributed by atoms with Gasteiger partial charge in [-0.2, -0.15) is 0 Å². The largest absolute Gasteiger partial charge is 0.271 e. The summed E-state index contributed by atoms with van der Waals surface area (Å²) in [5.41, 5.74) is 5.03. The molecule has 0 radical (unpaired) electrons. The van der Waals surface area contributed by atoms with Crippen molar-refractivity contribution in [2.24, 2.45) is 5.84 Å². The van der Waals surface area contributed by atoms with E-state index in [2.05, 4.69) is 26.3 Å². The molecule has 0 aliphatic heterocycles. The van der Waals surface area contributed by atoms with Crippen LogP contribution in [0.15, 0.2) is 47.2 Å². The van der Waals surface area contributed by atoms with E-state index in [0.29, 0.717) is 5.02 Å². The van der Waals surface area contributed by atoms with Gasteiger partial charge in [0.15, 0.2) is 0 Å². The van der Waals surface area contributed by atoms with Crippen molar-refractivity contribution in [2.75, 3.05) is 0 Å². The first kappa shape index (κ1) is 13.5. The Labute approximate surface area is 119 Å². The van der Waals surface area contributed by atoms with Crippen LogP contribution in [-0.2, 0) is 6.42 Å². The molecule has 3 N–H and O–H groups in total. The summed E-state index contributed by atoms with van der Waals surface area (Å²) in [7, 11) is 0. The van der Waals surface area contributed by atoms with Crippen molar-refractivity contribution in [2.45, 2.75) is 12.5 Å². The minimum absolute atomic E-state index is 0.0303. The molecule has 1 aromatic heterocycles. The SMILES string of the molecule is NNC(Cc1cccnc1)c1ccc(Cl)c(Br)c1. The molecule has 0 saturated heterocycles. The lowest BCUT2D eigenvalue weighted by atomic mass is 10.0. The topological polar surface area (TPSA) is 50.9 Å². The summed E-state index contributed by atoms with van der Waals surface area (Å²) in [5.74, 6) is 5.62. The zero-order valence-corrected chi connectivity index (χ0v) is 11.9. The van der Waals surface area contributed by atoms with E-state index in [-0.39, 0.29) is 6.04 Å². The van der Waals surface area contributed by atoms with Crippen molar-refractivity contribution in [3.63, 3.8) is 0 Å². The average Bonchev–Trinajstić information content (AvgIpc) is 2.40. The Kier molecular flexibility index (Phi) is 4.72. The normalized spacial score (nSPS) is 12.4. The summed E-state index contributed by atoms with van der Waals surface area (Å²) in [4.78, 5) is 4.10. The number of hydrazine groups is 1. The van der Waals surface area contributed by atoms with Gasteiger partial charge in [0.2, 0.25) is 0 Å². The number of nitrogens with two attached hydrogens (primary N) is 1. The van der Waals surface area contributed by atoms with E-state index < -0.39 is 0 Å². The van der Waals surface area contributed by atoms with Crippen LogP contribution in [-0.4, -0.2) is 4.98 Å². The van der Waals surface area contributed by atoms with E-state index in [1.54, 1.807) is 6.20 Å². The lowest BCUT2D eigenvalue weighted by Gasteiger charge is -2.16. The average molecular weight is 327 g/mol. The molecular formula is C13H13BrClN3. The third-order valence-electron chi connectivity index (χ3n) is 2.71. The van der Waals surface area contributed by atoms with Crippen molar-refractivity contribution in [3.8, 4) is 0 Å². The van der Waals surface area contributed by atoms with Crippen LogP contribution in [0.5, 0.6) is 0 Å². The highest BCUT2D eigenvalue weighted by Crippen LogP contribution is 2.27. The Morgan fingerprint density at radius 2 is 2.22 bits per heavy atom. The maximum atomic E-state index is 5.98. The molecule has 94 valence electrons. The summed E-state index contributed by atoms with van der Waals surface area (Å²) in [5, 5.41) is 0.691. The van der Waals surface area contributed by atoms with Gasteiger partial charge in [-0.3, -0.25) is 16.3 Å². The number of pyridine rings is 1. The molecule has 0 saturated carbocycles. The molecule has 0 spiro atoms. The molecule has 18 heavy (non-hydrogen) atoms. The van der Waals surface area contributed by atoms with Crippen LogP contribution in [0.25, 0.3) is 0 Å². The van der Waals surface area contributed by atoms with E-state index in [9.17, 15) is 0 Å². The number of rotatable bonds is 4. The Morgan fingerprint density at radius 1 is 1.39 bits per heavy atom. The molecular weight excluding hydrogens is 314 g/mol. The first-order chi connectivity index (χ1) is 8.70. The van der Waals surface area contributed by atoms with Gasteiger partial charge in [0.05, 0.1) is 11.1 Å². The van der Waals surface area contributed by atoms with Gasteiger partial charge in [0.25, 0.3) is 0 Å². The van der Waals surface area contributed by atoms with Gasteiger partial charge in [0.1, 0.15) is 0 Å². The van der Waals surface area contributed by atoms with Crippen LogP contribution >= 0.6 is 27.5 Å². The summed E-state index contributed by atoms with van der Waals surface area (Å²) in [6.45, 7) is 0. The molecule has 2 aromatic rings. The fourth-order valence-corrected chi connectivity index (χ4v) is 2.27. The number of aromatic nitrogens is 1. The molecule has 0 amide bonds. The van der Waals surface area contributed by atoms with Crippen molar-refractivity contribution < 1.29 is 0 Å². The smallest absolute Gasteiger partial charge is 0.0548 e. The van der Waals surface area contributed by atoms with E-state index >= 15 is 0 Å². The van der Waals surface area contributed by atoms with Crippen LogP contribution in [0.3, 0.4) is 0 Å². The number of nitrogens with zero attached hydrogens (tertiary/aromatic N) is 1. The maximum absolute atomic E-state index is 5.98. The first-order valence-corrected chi connectivity index (χ1v) is 6.68. The summed E-state index contributed by atoms with van der Waals surface area (Å²) < 4.78 is 0.869. The van der Waals surface area contributed by atoms with E-state index in [1.807, 2.05) is 36.5 Å². The monoisotopic (exact) mass is 325 g/mol. The fourth-order valence-electron chi connectivity index (χ4n) is 1.76. The molecule has 0 fully saturated rings. The van der Waals surface area contributed by atoms with Crippen LogP contribution < -0.4 is 11.3 Å². The Bertz CT molecular complexity index is 519. The number of benzene rings is 1. The number of nitrogens with one attached hydrogen (secondary N) is 1. The molecule has 0 aliphatic carbocycles. The van der Waals surface area contributed by atoms with Crippen LogP contribution in [0.4, 0.5) is 0 Å². The highest BCUT2D eigenvalue weighted by Gasteiger charge is 2.12. The molecule has 1 unspecified atom stereocenters.